The van der Waals surface area contributed by atoms with Crippen LogP contribution in [-0.4, -0.2) is 35.6 Å². The maximum absolute atomic E-state index is 4.70. The smallest absolute Gasteiger partial charge is 0.147 e. The van der Waals surface area contributed by atoms with Crippen molar-refractivity contribution in [1.29, 1.82) is 0 Å². The summed E-state index contributed by atoms with van der Waals surface area (Å²) in [5.41, 5.74) is 2.07. The molecule has 1 aromatic rings. The molecule has 1 N–H and O–H groups in total. The highest BCUT2D eigenvalue weighted by Crippen LogP contribution is 2.16. The van der Waals surface area contributed by atoms with Gasteiger partial charge in [0.15, 0.2) is 0 Å². The second kappa shape index (κ2) is 6.85. The third-order valence-electron chi connectivity index (χ3n) is 3.89. The molecule has 1 aromatic heterocycles. The molecule has 0 bridgehead atoms. The normalized spacial score (nSPS) is 18.8. The van der Waals surface area contributed by atoms with Gasteiger partial charge in [0.1, 0.15) is 5.82 Å². The topological polar surface area (TPSA) is 41.0 Å². The van der Waals surface area contributed by atoms with Crippen LogP contribution in [0.25, 0.3) is 0 Å². The van der Waals surface area contributed by atoms with Crippen molar-refractivity contribution in [2.24, 2.45) is 0 Å². The molecule has 0 aromatic carbocycles. The van der Waals surface area contributed by atoms with Crippen molar-refractivity contribution in [2.75, 3.05) is 24.5 Å². The Morgan fingerprint density at radius 3 is 2.84 bits per heavy atom. The molecule has 4 nitrogen and oxygen atoms in total. The number of hydrogen-bond donors (Lipinski definition) is 1. The van der Waals surface area contributed by atoms with E-state index in [1.165, 1.54) is 25.7 Å². The quantitative estimate of drug-likeness (QED) is 0.855. The van der Waals surface area contributed by atoms with Gasteiger partial charge in [-0.15, -0.1) is 0 Å². The minimum absolute atomic E-state index is 0.611. The van der Waals surface area contributed by atoms with E-state index in [-0.39, 0.29) is 0 Å². The Hall–Kier alpha value is -1.16. The first-order valence-corrected chi connectivity index (χ1v) is 7.49. The summed E-state index contributed by atoms with van der Waals surface area (Å²) < 4.78 is 0. The van der Waals surface area contributed by atoms with Gasteiger partial charge in [0.2, 0.25) is 0 Å². The van der Waals surface area contributed by atoms with Gasteiger partial charge >= 0.3 is 0 Å². The lowest BCUT2D eigenvalue weighted by Crippen LogP contribution is -2.38. The van der Waals surface area contributed by atoms with Crippen molar-refractivity contribution >= 4 is 5.82 Å². The van der Waals surface area contributed by atoms with E-state index < -0.39 is 0 Å². The highest BCUT2D eigenvalue weighted by molar-refractivity contribution is 5.37. The summed E-state index contributed by atoms with van der Waals surface area (Å²) in [6.45, 7) is 9.57. The van der Waals surface area contributed by atoms with E-state index in [1.807, 2.05) is 20.0 Å². The fourth-order valence-electron chi connectivity index (χ4n) is 2.51. The summed E-state index contributed by atoms with van der Waals surface area (Å²) >= 11 is 0. The Balaban J connectivity index is 2.08. The van der Waals surface area contributed by atoms with Gasteiger partial charge in [-0.25, -0.2) is 4.98 Å². The Labute approximate surface area is 116 Å². The molecule has 2 heterocycles. The first kappa shape index (κ1) is 14.3. The number of hydrogen-bond acceptors (Lipinski definition) is 4. The highest BCUT2D eigenvalue weighted by atomic mass is 15.2. The SMILES string of the molecule is CCCCN(CC1CCCN1)c1cnc(C)c(C)n1. The van der Waals surface area contributed by atoms with E-state index in [9.17, 15) is 0 Å². The Morgan fingerprint density at radius 1 is 1.37 bits per heavy atom. The zero-order valence-electron chi connectivity index (χ0n) is 12.4. The molecule has 106 valence electrons. The molecular formula is C15H26N4. The van der Waals surface area contributed by atoms with Crippen LogP contribution in [0, 0.1) is 13.8 Å². The molecule has 0 radical (unpaired) electrons. The van der Waals surface area contributed by atoms with Crippen LogP contribution in [0.1, 0.15) is 44.0 Å². The molecule has 1 unspecified atom stereocenters. The van der Waals surface area contributed by atoms with Crippen molar-refractivity contribution in [1.82, 2.24) is 15.3 Å². The van der Waals surface area contributed by atoms with E-state index in [1.54, 1.807) is 0 Å². The van der Waals surface area contributed by atoms with Crippen molar-refractivity contribution in [3.05, 3.63) is 17.6 Å². The fourth-order valence-corrected chi connectivity index (χ4v) is 2.51. The fraction of sp³-hybridized carbons (Fsp3) is 0.733. The van der Waals surface area contributed by atoms with Gasteiger partial charge in [0, 0.05) is 19.1 Å². The lowest BCUT2D eigenvalue weighted by molar-refractivity contribution is 0.568. The van der Waals surface area contributed by atoms with Gasteiger partial charge in [-0.2, -0.15) is 0 Å². The average molecular weight is 262 g/mol. The number of aryl methyl sites for hydroxylation is 2. The zero-order chi connectivity index (χ0) is 13.7. The molecule has 19 heavy (non-hydrogen) atoms. The van der Waals surface area contributed by atoms with E-state index in [0.717, 1.165) is 36.8 Å². The first-order valence-electron chi connectivity index (χ1n) is 7.49. The van der Waals surface area contributed by atoms with E-state index in [0.29, 0.717) is 6.04 Å². The van der Waals surface area contributed by atoms with E-state index in [2.05, 4.69) is 22.1 Å². The molecule has 1 aliphatic rings. The van der Waals surface area contributed by atoms with Crippen molar-refractivity contribution < 1.29 is 0 Å². The van der Waals surface area contributed by atoms with Crippen LogP contribution in [0.15, 0.2) is 6.20 Å². The van der Waals surface area contributed by atoms with Crippen LogP contribution < -0.4 is 10.2 Å². The molecule has 0 aliphatic carbocycles. The van der Waals surface area contributed by atoms with E-state index >= 15 is 0 Å². The maximum Gasteiger partial charge on any atom is 0.147 e. The number of aromatic nitrogens is 2. The lowest BCUT2D eigenvalue weighted by Gasteiger charge is -2.27. The summed E-state index contributed by atoms with van der Waals surface area (Å²) in [5.74, 6) is 1.03. The first-order chi connectivity index (χ1) is 9.20. The van der Waals surface area contributed by atoms with Gasteiger partial charge in [0.25, 0.3) is 0 Å². The second-order valence-corrected chi connectivity index (χ2v) is 5.49. The molecule has 0 amide bonds. The Morgan fingerprint density at radius 2 is 2.21 bits per heavy atom. The summed E-state index contributed by atoms with van der Waals surface area (Å²) in [5, 5.41) is 3.57. The molecule has 0 saturated carbocycles. The third kappa shape index (κ3) is 3.90. The third-order valence-corrected chi connectivity index (χ3v) is 3.89. The van der Waals surface area contributed by atoms with Crippen LogP contribution in [-0.2, 0) is 0 Å². The molecule has 1 aliphatic heterocycles. The minimum atomic E-state index is 0.611. The van der Waals surface area contributed by atoms with Crippen molar-refractivity contribution in [3.8, 4) is 0 Å². The Bertz CT molecular complexity index is 399. The molecule has 1 saturated heterocycles. The largest absolute Gasteiger partial charge is 0.354 e. The lowest BCUT2D eigenvalue weighted by atomic mass is 10.2. The van der Waals surface area contributed by atoms with Crippen molar-refractivity contribution in [2.45, 2.75) is 52.5 Å². The predicted molar refractivity (Wildman–Crippen MR) is 79.7 cm³/mol. The number of nitrogens with zero attached hydrogens (tertiary/aromatic N) is 3. The molecule has 0 spiro atoms. The van der Waals surface area contributed by atoms with Crippen LogP contribution in [0.5, 0.6) is 0 Å². The monoisotopic (exact) mass is 262 g/mol. The van der Waals surface area contributed by atoms with E-state index in [4.69, 9.17) is 4.98 Å². The summed E-state index contributed by atoms with van der Waals surface area (Å²) in [6, 6.07) is 0.611. The Kier molecular flexibility index (Phi) is 5.14. The molecule has 4 heteroatoms. The summed E-state index contributed by atoms with van der Waals surface area (Å²) in [4.78, 5) is 11.6. The number of nitrogens with one attached hydrogen (secondary N) is 1. The van der Waals surface area contributed by atoms with Gasteiger partial charge in [-0.1, -0.05) is 13.3 Å². The van der Waals surface area contributed by atoms with Crippen molar-refractivity contribution in [3.63, 3.8) is 0 Å². The van der Waals surface area contributed by atoms with Crippen LogP contribution in [0.2, 0.25) is 0 Å². The highest BCUT2D eigenvalue weighted by Gasteiger charge is 2.19. The predicted octanol–water partition coefficient (Wildman–Crippen LogP) is 2.45. The summed E-state index contributed by atoms with van der Waals surface area (Å²) in [7, 11) is 0. The molecule has 2 rings (SSSR count). The number of anilines is 1. The molecule has 1 atom stereocenters. The number of rotatable bonds is 6. The average Bonchev–Trinajstić information content (AvgIpc) is 2.91. The second-order valence-electron chi connectivity index (χ2n) is 5.49. The maximum atomic E-state index is 4.70. The van der Waals surface area contributed by atoms with Gasteiger partial charge in [-0.05, 0) is 39.7 Å². The standard InChI is InChI=1S/C15H26N4/c1-4-5-9-19(11-14-7-6-8-16-14)15-10-17-12(2)13(3)18-15/h10,14,16H,4-9,11H2,1-3H3. The van der Waals surface area contributed by atoms with Crippen LogP contribution in [0.3, 0.4) is 0 Å². The van der Waals surface area contributed by atoms with Crippen LogP contribution in [0.4, 0.5) is 5.82 Å². The minimum Gasteiger partial charge on any atom is -0.354 e. The number of unbranched alkanes of at least 4 members (excludes halogenated alkanes) is 1. The summed E-state index contributed by atoms with van der Waals surface area (Å²) in [6.07, 6.45) is 6.92. The zero-order valence-corrected chi connectivity index (χ0v) is 12.4. The van der Waals surface area contributed by atoms with Gasteiger partial charge < -0.3 is 10.2 Å². The molecular weight excluding hydrogens is 236 g/mol. The van der Waals surface area contributed by atoms with Gasteiger partial charge in [-0.3, -0.25) is 4.98 Å². The van der Waals surface area contributed by atoms with Gasteiger partial charge in [0.05, 0.1) is 17.6 Å². The van der Waals surface area contributed by atoms with Crippen LogP contribution >= 0.6 is 0 Å². The molecule has 1 fully saturated rings.